The topological polar surface area (TPSA) is 251 Å². The molecule has 0 aliphatic carbocycles. The number of aliphatic hydroxyl groups excluding tert-OH is 5. The second kappa shape index (κ2) is 14.7. The summed E-state index contributed by atoms with van der Waals surface area (Å²) in [5, 5.41) is 74.0. The Hall–Kier alpha value is -3.99. The van der Waals surface area contributed by atoms with Gasteiger partial charge in [-0.25, -0.2) is 0 Å². The minimum Gasteiger partial charge on any atom is -0.506 e. The molecule has 2 aliphatic heterocycles. The number of nitrogens with one attached hydrogen (secondary N) is 3. The van der Waals surface area contributed by atoms with Crippen LogP contribution in [-0.4, -0.2) is 116 Å². The molecule has 0 radical (unpaired) electrons. The van der Waals surface area contributed by atoms with Crippen LogP contribution in [0.3, 0.4) is 0 Å². The predicted molar refractivity (Wildman–Crippen MR) is 156 cm³/mol. The largest absolute Gasteiger partial charge is 0.506 e. The number of ether oxygens (including phenoxy) is 2. The predicted octanol–water partition coefficient (Wildman–Crippen LogP) is -1.50. The Morgan fingerprint density at radius 2 is 1.82 bits per heavy atom. The second-order valence-corrected chi connectivity index (χ2v) is 10.7. The van der Waals surface area contributed by atoms with E-state index in [1.165, 1.54) is 35.2 Å². The number of rotatable bonds is 11. The summed E-state index contributed by atoms with van der Waals surface area (Å²) in [6, 6.07) is 8.51. The molecule has 2 aromatic rings. The van der Waals surface area contributed by atoms with Crippen LogP contribution >= 0.6 is 0 Å². The van der Waals surface area contributed by atoms with Crippen LogP contribution in [0.1, 0.15) is 36.4 Å². The summed E-state index contributed by atoms with van der Waals surface area (Å²) in [4.78, 5) is 28.3. The van der Waals surface area contributed by atoms with Gasteiger partial charge in [-0.3, -0.25) is 15.0 Å². The zero-order chi connectivity index (χ0) is 32.0. The Morgan fingerprint density at radius 3 is 2.52 bits per heavy atom. The number of aromatic hydroxyl groups is 1. The Balaban J connectivity index is 1.64. The molecular formula is C29H39N5O10. The van der Waals surface area contributed by atoms with E-state index in [1.54, 1.807) is 12.1 Å². The van der Waals surface area contributed by atoms with Crippen LogP contribution in [0.15, 0.2) is 42.5 Å². The number of nitrogens with zero attached hydrogens (tertiary/aromatic N) is 1. The molecule has 0 bridgehead atoms. The third-order valence-corrected chi connectivity index (χ3v) is 7.76. The third-order valence-electron chi connectivity index (χ3n) is 7.76. The lowest BCUT2D eigenvalue weighted by Crippen LogP contribution is -2.60. The molecule has 240 valence electrons. The summed E-state index contributed by atoms with van der Waals surface area (Å²) in [5.74, 6) is -1.66. The third kappa shape index (κ3) is 7.38. The molecule has 15 nitrogen and oxygen atoms in total. The maximum absolute atomic E-state index is 13.7. The number of piperidine rings is 1. The number of para-hydroxylation sites is 1. The number of carbonyl (C=O) groups excluding carboxylic acids is 2. The van der Waals surface area contributed by atoms with Crippen LogP contribution in [0, 0.1) is 5.41 Å². The maximum atomic E-state index is 13.7. The molecule has 7 atom stereocenters. The molecule has 2 saturated heterocycles. The van der Waals surface area contributed by atoms with Crippen LogP contribution in [0.5, 0.6) is 11.5 Å². The number of nitrogen functional groups attached to an aromatic ring is 1. The molecule has 0 saturated carbocycles. The van der Waals surface area contributed by atoms with Crippen molar-refractivity contribution in [2.75, 3.05) is 31.6 Å². The highest BCUT2D eigenvalue weighted by molar-refractivity contribution is 5.97. The fourth-order valence-corrected chi connectivity index (χ4v) is 5.26. The second-order valence-electron chi connectivity index (χ2n) is 10.7. The molecule has 2 fully saturated rings. The smallest absolute Gasteiger partial charge is 0.247 e. The highest BCUT2D eigenvalue weighted by Crippen LogP contribution is 2.34. The number of benzene rings is 2. The number of hydrogen-bond donors (Lipinski definition) is 10. The van der Waals surface area contributed by atoms with Gasteiger partial charge in [0.1, 0.15) is 47.8 Å². The zero-order valence-corrected chi connectivity index (χ0v) is 23.9. The van der Waals surface area contributed by atoms with Gasteiger partial charge < -0.3 is 61.4 Å². The molecule has 11 N–H and O–H groups in total. The van der Waals surface area contributed by atoms with Gasteiger partial charge in [0.15, 0.2) is 0 Å². The van der Waals surface area contributed by atoms with E-state index >= 15 is 0 Å². The molecule has 2 aromatic carbocycles. The molecule has 15 heteroatoms. The number of nitrogens with two attached hydrogens (primary N) is 1. The van der Waals surface area contributed by atoms with E-state index in [1.807, 2.05) is 0 Å². The normalized spacial score (nSPS) is 26.0. The van der Waals surface area contributed by atoms with Crippen LogP contribution in [0.4, 0.5) is 5.69 Å². The Labute approximate surface area is 253 Å². The SMILES string of the molecule is N=C(N)c1ccc(O)c(NC(C(=O)NCC(=O)N2CCCCC2CO)c2ccccc2OC2OC(CO)C(O)C(O)C2O)c1. The molecule has 2 aliphatic rings. The van der Waals surface area contributed by atoms with Crippen molar-refractivity contribution >= 4 is 23.3 Å². The van der Waals surface area contributed by atoms with Gasteiger partial charge in [0.2, 0.25) is 18.1 Å². The van der Waals surface area contributed by atoms with E-state index in [2.05, 4.69) is 10.6 Å². The number of anilines is 1. The van der Waals surface area contributed by atoms with Gasteiger partial charge in [0.25, 0.3) is 0 Å². The van der Waals surface area contributed by atoms with E-state index < -0.39 is 49.3 Å². The fraction of sp³-hybridized carbons (Fsp3) is 0.483. The van der Waals surface area contributed by atoms with Gasteiger partial charge in [-0.2, -0.15) is 0 Å². The van der Waals surface area contributed by atoms with Gasteiger partial charge in [-0.1, -0.05) is 18.2 Å². The van der Waals surface area contributed by atoms with Crippen molar-refractivity contribution in [2.45, 2.75) is 62.1 Å². The standard InChI is InChI=1S/C29H39N5O10/c30-27(31)15-8-9-19(37)18(11-15)33-23(28(42)32-12-22(38)34-10-4-3-5-16(34)13-35)17-6-1-2-7-20(17)43-29-26(41)25(40)24(39)21(14-36)44-29/h1-2,6-9,11,16,21,23-26,29,33,35-37,39-41H,3-5,10,12-14H2,(H3,30,31)(H,32,42). The van der Waals surface area contributed by atoms with E-state index in [9.17, 15) is 40.2 Å². The van der Waals surface area contributed by atoms with E-state index in [-0.39, 0.29) is 59.2 Å². The van der Waals surface area contributed by atoms with Crippen molar-refractivity contribution in [3.8, 4) is 11.5 Å². The number of phenols is 1. The summed E-state index contributed by atoms with van der Waals surface area (Å²) in [5.41, 5.74) is 6.06. The number of aliphatic hydroxyl groups is 5. The lowest BCUT2D eigenvalue weighted by Gasteiger charge is -2.40. The van der Waals surface area contributed by atoms with Crippen molar-refractivity contribution in [1.29, 1.82) is 5.41 Å². The van der Waals surface area contributed by atoms with Gasteiger partial charge in [0, 0.05) is 17.7 Å². The summed E-state index contributed by atoms with van der Waals surface area (Å²) in [6.45, 7) is -0.808. The zero-order valence-electron chi connectivity index (χ0n) is 23.9. The van der Waals surface area contributed by atoms with Crippen molar-refractivity contribution in [1.82, 2.24) is 10.2 Å². The first-order valence-corrected chi connectivity index (χ1v) is 14.2. The minimum atomic E-state index is -1.72. The summed E-state index contributed by atoms with van der Waals surface area (Å²) in [6.07, 6.45) is -5.53. The van der Waals surface area contributed by atoms with E-state index in [0.29, 0.717) is 13.0 Å². The first kappa shape index (κ1) is 32.9. The first-order chi connectivity index (χ1) is 21.0. The Morgan fingerprint density at radius 1 is 1.07 bits per heavy atom. The summed E-state index contributed by atoms with van der Waals surface area (Å²) in [7, 11) is 0. The van der Waals surface area contributed by atoms with Crippen molar-refractivity contribution < 1.29 is 49.7 Å². The quantitative estimate of drug-likeness (QED) is 0.0786. The highest BCUT2D eigenvalue weighted by Gasteiger charge is 2.45. The molecule has 2 heterocycles. The lowest BCUT2D eigenvalue weighted by atomic mass is 9.99. The molecule has 0 aromatic heterocycles. The van der Waals surface area contributed by atoms with Gasteiger partial charge in [-0.15, -0.1) is 0 Å². The molecule has 4 rings (SSSR count). The fourth-order valence-electron chi connectivity index (χ4n) is 5.26. The average molecular weight is 618 g/mol. The van der Waals surface area contributed by atoms with Gasteiger partial charge in [-0.05, 0) is 43.5 Å². The van der Waals surface area contributed by atoms with Crippen molar-refractivity contribution in [3.63, 3.8) is 0 Å². The monoisotopic (exact) mass is 617 g/mol. The number of amides is 2. The van der Waals surface area contributed by atoms with Crippen LogP contribution in [-0.2, 0) is 14.3 Å². The average Bonchev–Trinajstić information content (AvgIpc) is 3.03. The summed E-state index contributed by atoms with van der Waals surface area (Å²) >= 11 is 0. The van der Waals surface area contributed by atoms with Gasteiger partial charge >= 0.3 is 0 Å². The van der Waals surface area contributed by atoms with Crippen molar-refractivity contribution in [3.05, 3.63) is 53.6 Å². The molecular weight excluding hydrogens is 578 g/mol. The van der Waals surface area contributed by atoms with Crippen LogP contribution in [0.25, 0.3) is 0 Å². The first-order valence-electron chi connectivity index (χ1n) is 14.2. The van der Waals surface area contributed by atoms with E-state index in [0.717, 1.165) is 12.8 Å². The van der Waals surface area contributed by atoms with Crippen LogP contribution in [0.2, 0.25) is 0 Å². The lowest BCUT2D eigenvalue weighted by molar-refractivity contribution is -0.277. The number of amidine groups is 1. The number of likely N-dealkylation sites (tertiary alicyclic amines) is 1. The number of hydrogen-bond acceptors (Lipinski definition) is 12. The van der Waals surface area contributed by atoms with Crippen molar-refractivity contribution in [2.24, 2.45) is 5.73 Å². The molecule has 44 heavy (non-hydrogen) atoms. The number of carbonyl (C=O) groups is 2. The number of phenolic OH excluding ortho intramolecular Hbond substituents is 1. The molecule has 7 unspecified atom stereocenters. The maximum Gasteiger partial charge on any atom is 0.247 e. The van der Waals surface area contributed by atoms with Gasteiger partial charge in [0.05, 0.1) is 31.5 Å². The molecule has 0 spiro atoms. The van der Waals surface area contributed by atoms with Crippen LogP contribution < -0.4 is 21.1 Å². The molecule has 2 amide bonds. The Bertz CT molecular complexity index is 1330. The Kier molecular flexibility index (Phi) is 11.0. The van der Waals surface area contributed by atoms with E-state index in [4.69, 9.17) is 20.6 Å². The highest BCUT2D eigenvalue weighted by atomic mass is 16.7. The minimum absolute atomic E-state index is 0.00519. The summed E-state index contributed by atoms with van der Waals surface area (Å²) < 4.78 is 11.3.